The van der Waals surface area contributed by atoms with Gasteiger partial charge in [0.25, 0.3) is 11.5 Å². The Morgan fingerprint density at radius 2 is 2.07 bits per heavy atom. The molecule has 3 rings (SSSR count). The standard InChI is InChI=1S/C21H25ClN4O2/c1-5-6-14-7-13(4)25-20(27)16(14)10-23-21(28)18-9-15(22)8-17-19(12(2)3)24-11-26(17)18/h7-9,11-12H,5-6,10H2,1-4H3,(H,23,28)(H,25,27). The van der Waals surface area contributed by atoms with E-state index in [9.17, 15) is 9.59 Å². The molecule has 1 amide bonds. The Balaban J connectivity index is 1.92. The van der Waals surface area contributed by atoms with E-state index < -0.39 is 0 Å². The van der Waals surface area contributed by atoms with Crippen LogP contribution in [0.25, 0.3) is 5.52 Å². The van der Waals surface area contributed by atoms with Crippen LogP contribution in [0, 0.1) is 6.92 Å². The first-order valence-corrected chi connectivity index (χ1v) is 9.86. The number of hydrogen-bond acceptors (Lipinski definition) is 3. The van der Waals surface area contributed by atoms with Crippen molar-refractivity contribution >= 4 is 23.0 Å². The van der Waals surface area contributed by atoms with Crippen molar-refractivity contribution in [3.63, 3.8) is 0 Å². The predicted molar refractivity (Wildman–Crippen MR) is 111 cm³/mol. The number of rotatable bonds is 6. The van der Waals surface area contributed by atoms with Crippen LogP contribution in [0.15, 0.2) is 29.3 Å². The van der Waals surface area contributed by atoms with Gasteiger partial charge in [-0.3, -0.25) is 14.0 Å². The number of nitrogens with zero attached hydrogens (tertiary/aromatic N) is 2. The van der Waals surface area contributed by atoms with Crippen molar-refractivity contribution in [1.82, 2.24) is 19.7 Å². The Morgan fingerprint density at radius 1 is 1.32 bits per heavy atom. The number of aromatic amines is 1. The molecular formula is C21H25ClN4O2. The molecule has 0 atom stereocenters. The summed E-state index contributed by atoms with van der Waals surface area (Å²) in [5.41, 5.74) is 4.30. The molecule has 0 spiro atoms. The first-order valence-electron chi connectivity index (χ1n) is 9.48. The van der Waals surface area contributed by atoms with E-state index >= 15 is 0 Å². The molecule has 148 valence electrons. The highest BCUT2D eigenvalue weighted by Gasteiger charge is 2.17. The summed E-state index contributed by atoms with van der Waals surface area (Å²) in [4.78, 5) is 32.5. The van der Waals surface area contributed by atoms with Crippen molar-refractivity contribution in [2.24, 2.45) is 0 Å². The lowest BCUT2D eigenvalue weighted by Gasteiger charge is -2.12. The number of carbonyl (C=O) groups is 1. The fourth-order valence-corrected chi connectivity index (χ4v) is 3.64. The molecule has 0 saturated carbocycles. The second-order valence-electron chi connectivity index (χ2n) is 7.32. The highest BCUT2D eigenvalue weighted by atomic mass is 35.5. The highest BCUT2D eigenvalue weighted by molar-refractivity contribution is 6.31. The number of pyridine rings is 2. The number of imidazole rings is 1. The summed E-state index contributed by atoms with van der Waals surface area (Å²) in [5.74, 6) is -0.0928. The maximum Gasteiger partial charge on any atom is 0.268 e. The Labute approximate surface area is 169 Å². The zero-order valence-corrected chi connectivity index (χ0v) is 17.4. The van der Waals surface area contributed by atoms with Gasteiger partial charge in [0.1, 0.15) is 12.0 Å². The largest absolute Gasteiger partial charge is 0.346 e. The number of hydrogen-bond donors (Lipinski definition) is 2. The van der Waals surface area contributed by atoms with E-state index in [-0.39, 0.29) is 23.9 Å². The van der Waals surface area contributed by atoms with Gasteiger partial charge in [-0.05, 0) is 43.0 Å². The summed E-state index contributed by atoms with van der Waals surface area (Å²) in [6.07, 6.45) is 3.35. The number of fused-ring (bicyclic) bond motifs is 1. The summed E-state index contributed by atoms with van der Waals surface area (Å²) in [6.45, 7) is 8.16. The van der Waals surface area contributed by atoms with Crippen molar-refractivity contribution in [2.45, 2.75) is 53.0 Å². The van der Waals surface area contributed by atoms with Crippen molar-refractivity contribution in [3.05, 3.63) is 68.1 Å². The third-order valence-electron chi connectivity index (χ3n) is 4.73. The van der Waals surface area contributed by atoms with Crippen LogP contribution >= 0.6 is 11.6 Å². The molecule has 0 aliphatic carbocycles. The van der Waals surface area contributed by atoms with E-state index in [1.165, 1.54) is 0 Å². The van der Waals surface area contributed by atoms with Gasteiger partial charge in [-0.1, -0.05) is 38.8 Å². The van der Waals surface area contributed by atoms with Crippen molar-refractivity contribution in [2.75, 3.05) is 0 Å². The molecule has 0 bridgehead atoms. The molecule has 28 heavy (non-hydrogen) atoms. The molecule has 0 aromatic carbocycles. The quantitative estimate of drug-likeness (QED) is 0.656. The number of aromatic nitrogens is 3. The zero-order chi connectivity index (χ0) is 20.4. The summed E-state index contributed by atoms with van der Waals surface area (Å²) in [7, 11) is 0. The summed E-state index contributed by atoms with van der Waals surface area (Å²) in [5, 5.41) is 3.34. The molecule has 7 heteroatoms. The maximum absolute atomic E-state index is 12.9. The monoisotopic (exact) mass is 400 g/mol. The highest BCUT2D eigenvalue weighted by Crippen LogP contribution is 2.24. The van der Waals surface area contributed by atoms with Crippen LogP contribution < -0.4 is 10.9 Å². The van der Waals surface area contributed by atoms with Gasteiger partial charge in [0.15, 0.2) is 0 Å². The molecule has 6 nitrogen and oxygen atoms in total. The molecule has 0 fully saturated rings. The van der Waals surface area contributed by atoms with Gasteiger partial charge in [-0.2, -0.15) is 0 Å². The molecule has 3 heterocycles. The summed E-state index contributed by atoms with van der Waals surface area (Å²) >= 11 is 6.25. The first kappa shape index (κ1) is 20.1. The first-order chi connectivity index (χ1) is 13.3. The van der Waals surface area contributed by atoms with E-state index in [0.717, 1.165) is 35.3 Å². The van der Waals surface area contributed by atoms with Crippen LogP contribution in [0.1, 0.15) is 66.1 Å². The lowest BCUT2D eigenvalue weighted by atomic mass is 10.0. The van der Waals surface area contributed by atoms with Gasteiger partial charge in [-0.15, -0.1) is 0 Å². The number of H-pyrrole nitrogens is 1. The van der Waals surface area contributed by atoms with Crippen LogP contribution in [-0.4, -0.2) is 20.3 Å². The molecule has 0 saturated heterocycles. The minimum absolute atomic E-state index is 0.156. The number of amides is 1. The molecule has 0 unspecified atom stereocenters. The van der Waals surface area contributed by atoms with E-state index in [2.05, 4.69) is 22.2 Å². The topological polar surface area (TPSA) is 79.3 Å². The van der Waals surface area contributed by atoms with Crippen LogP contribution in [-0.2, 0) is 13.0 Å². The van der Waals surface area contributed by atoms with Gasteiger partial charge >= 0.3 is 0 Å². The van der Waals surface area contributed by atoms with E-state index in [0.29, 0.717) is 16.3 Å². The molecule has 0 radical (unpaired) electrons. The molecule has 0 aliphatic rings. The third kappa shape index (κ3) is 3.97. The van der Waals surface area contributed by atoms with Crippen molar-refractivity contribution < 1.29 is 4.79 Å². The zero-order valence-electron chi connectivity index (χ0n) is 16.6. The van der Waals surface area contributed by atoms with E-state index in [1.54, 1.807) is 16.8 Å². The Bertz CT molecular complexity index is 1080. The number of halogens is 1. The minimum Gasteiger partial charge on any atom is -0.346 e. The fraction of sp³-hybridized carbons (Fsp3) is 0.381. The SMILES string of the molecule is CCCc1cc(C)[nH]c(=O)c1CNC(=O)c1cc(Cl)cc2c(C(C)C)ncn12. The molecule has 3 aromatic rings. The van der Waals surface area contributed by atoms with Crippen molar-refractivity contribution in [3.8, 4) is 0 Å². The second kappa shape index (κ2) is 8.19. The van der Waals surface area contributed by atoms with Crippen molar-refractivity contribution in [1.29, 1.82) is 0 Å². The molecule has 2 N–H and O–H groups in total. The lowest BCUT2D eigenvalue weighted by Crippen LogP contribution is -2.29. The van der Waals surface area contributed by atoms with Crippen LogP contribution in [0.3, 0.4) is 0 Å². The van der Waals surface area contributed by atoms with Gasteiger partial charge in [0.05, 0.1) is 11.2 Å². The van der Waals surface area contributed by atoms with Gasteiger partial charge in [-0.25, -0.2) is 4.98 Å². The number of nitrogens with one attached hydrogen (secondary N) is 2. The second-order valence-corrected chi connectivity index (χ2v) is 7.75. The van der Waals surface area contributed by atoms with Gasteiger partial charge in [0.2, 0.25) is 0 Å². The minimum atomic E-state index is -0.303. The Morgan fingerprint density at radius 3 is 2.75 bits per heavy atom. The smallest absolute Gasteiger partial charge is 0.268 e. The normalized spacial score (nSPS) is 11.4. The van der Waals surface area contributed by atoms with Crippen LogP contribution in [0.2, 0.25) is 5.02 Å². The maximum atomic E-state index is 12.9. The van der Waals surface area contributed by atoms with Crippen LogP contribution in [0.4, 0.5) is 0 Å². The van der Waals surface area contributed by atoms with Gasteiger partial charge < -0.3 is 10.3 Å². The Hall–Kier alpha value is -2.60. The molecule has 3 aromatic heterocycles. The van der Waals surface area contributed by atoms with E-state index in [1.807, 2.05) is 32.9 Å². The Kier molecular flexibility index (Phi) is 5.89. The number of carbonyl (C=O) groups excluding carboxylic acids is 1. The summed E-state index contributed by atoms with van der Waals surface area (Å²) < 4.78 is 1.74. The lowest BCUT2D eigenvalue weighted by molar-refractivity contribution is 0.0944. The summed E-state index contributed by atoms with van der Waals surface area (Å²) in [6, 6.07) is 5.39. The van der Waals surface area contributed by atoms with E-state index in [4.69, 9.17) is 11.6 Å². The van der Waals surface area contributed by atoms with Gasteiger partial charge in [0, 0.05) is 22.8 Å². The van der Waals surface area contributed by atoms with Crippen LogP contribution in [0.5, 0.6) is 0 Å². The molecule has 0 aliphatic heterocycles. The average Bonchev–Trinajstić information content (AvgIpc) is 3.04. The third-order valence-corrected chi connectivity index (χ3v) is 4.95. The fourth-order valence-electron chi connectivity index (χ4n) is 3.43. The average molecular weight is 401 g/mol. The molecular weight excluding hydrogens is 376 g/mol. The number of aryl methyl sites for hydroxylation is 2. The predicted octanol–water partition coefficient (Wildman–Crippen LogP) is 3.99.